The van der Waals surface area contributed by atoms with Crippen molar-refractivity contribution in [2.75, 3.05) is 14.1 Å². The van der Waals surface area contributed by atoms with E-state index >= 15 is 0 Å². The molecule has 1 amide bonds. The van der Waals surface area contributed by atoms with E-state index in [9.17, 15) is 4.79 Å². The molecular weight excluding hydrogens is 288 g/mol. The van der Waals surface area contributed by atoms with E-state index in [4.69, 9.17) is 17.3 Å². The summed E-state index contributed by atoms with van der Waals surface area (Å²) < 4.78 is 1.69. The lowest BCUT2D eigenvalue weighted by Crippen LogP contribution is -2.22. The van der Waals surface area contributed by atoms with Gasteiger partial charge in [0.1, 0.15) is 0 Å². The molecule has 0 radical (unpaired) electrons. The molecule has 2 rings (SSSR count). The minimum absolute atomic E-state index is 0.0145. The number of halogens is 1. The van der Waals surface area contributed by atoms with E-state index in [0.29, 0.717) is 17.1 Å². The third-order valence-corrected chi connectivity index (χ3v) is 3.28. The number of rotatable bonds is 4. The van der Waals surface area contributed by atoms with Crippen molar-refractivity contribution < 1.29 is 4.79 Å². The number of nitrogens with zero attached hydrogens (tertiary/aromatic N) is 3. The van der Waals surface area contributed by atoms with E-state index in [1.54, 1.807) is 37.1 Å². The van der Waals surface area contributed by atoms with Crippen LogP contribution in [0.1, 0.15) is 23.0 Å². The number of carbonyl (C=O) groups is 1. The second-order valence-electron chi connectivity index (χ2n) is 5.30. The minimum Gasteiger partial charge on any atom is -0.343 e. The minimum atomic E-state index is -0.128. The van der Waals surface area contributed by atoms with Gasteiger partial charge in [0.25, 0.3) is 5.91 Å². The summed E-state index contributed by atoms with van der Waals surface area (Å²) in [6.45, 7) is 1.94. The van der Waals surface area contributed by atoms with Crippen LogP contribution < -0.4 is 5.73 Å². The highest BCUT2D eigenvalue weighted by Gasteiger charge is 2.14. The molecule has 0 aliphatic rings. The molecule has 6 heteroatoms. The molecule has 0 bridgehead atoms. The van der Waals surface area contributed by atoms with Gasteiger partial charge in [0, 0.05) is 31.4 Å². The van der Waals surface area contributed by atoms with E-state index in [0.717, 1.165) is 11.3 Å². The number of benzene rings is 1. The van der Waals surface area contributed by atoms with Gasteiger partial charge < -0.3 is 10.6 Å². The van der Waals surface area contributed by atoms with E-state index in [1.165, 1.54) is 4.90 Å². The third-order valence-electron chi connectivity index (χ3n) is 3.04. The summed E-state index contributed by atoms with van der Waals surface area (Å²) in [7, 11) is 3.40. The Hall–Kier alpha value is -1.85. The molecule has 1 aromatic heterocycles. The standard InChI is InChI=1S/C15H19ClN4O/c1-10(17)8-11-9-12(16)4-5-14(11)20-7-6-13(18-20)15(21)19(2)3/h4-7,9-10H,8,17H2,1-3H3. The maximum atomic E-state index is 11.9. The predicted molar refractivity (Wildman–Crippen MR) is 83.9 cm³/mol. The SMILES string of the molecule is CC(N)Cc1cc(Cl)ccc1-n1ccc(C(=O)N(C)C)n1. The normalized spacial score (nSPS) is 12.2. The fourth-order valence-corrected chi connectivity index (χ4v) is 2.28. The summed E-state index contributed by atoms with van der Waals surface area (Å²) in [5.41, 5.74) is 8.17. The number of hydrogen-bond donors (Lipinski definition) is 1. The third kappa shape index (κ3) is 3.62. The molecule has 0 spiro atoms. The largest absolute Gasteiger partial charge is 0.343 e. The van der Waals surface area contributed by atoms with Crippen molar-refractivity contribution in [3.8, 4) is 5.69 Å². The van der Waals surface area contributed by atoms with Crippen molar-refractivity contribution in [2.24, 2.45) is 5.73 Å². The molecule has 0 fully saturated rings. The Morgan fingerprint density at radius 1 is 1.43 bits per heavy atom. The first kappa shape index (κ1) is 15.5. The van der Waals surface area contributed by atoms with Crippen molar-refractivity contribution in [3.05, 3.63) is 46.7 Å². The van der Waals surface area contributed by atoms with Gasteiger partial charge in [-0.15, -0.1) is 0 Å². The average molecular weight is 307 g/mol. The Balaban J connectivity index is 2.40. The molecule has 1 atom stereocenters. The molecule has 0 saturated heterocycles. The van der Waals surface area contributed by atoms with E-state index < -0.39 is 0 Å². The van der Waals surface area contributed by atoms with Crippen molar-refractivity contribution in [1.82, 2.24) is 14.7 Å². The fourth-order valence-electron chi connectivity index (χ4n) is 2.09. The van der Waals surface area contributed by atoms with Crippen LogP contribution in [-0.4, -0.2) is 40.7 Å². The Morgan fingerprint density at radius 3 is 2.76 bits per heavy atom. The molecule has 21 heavy (non-hydrogen) atoms. The Bertz CT molecular complexity index is 649. The van der Waals surface area contributed by atoms with Crippen molar-refractivity contribution >= 4 is 17.5 Å². The topological polar surface area (TPSA) is 64.2 Å². The molecule has 2 N–H and O–H groups in total. The van der Waals surface area contributed by atoms with Gasteiger partial charge in [-0.3, -0.25) is 4.79 Å². The molecule has 112 valence electrons. The van der Waals surface area contributed by atoms with Gasteiger partial charge in [0.15, 0.2) is 5.69 Å². The number of amides is 1. The quantitative estimate of drug-likeness (QED) is 0.941. The first-order valence-corrected chi connectivity index (χ1v) is 7.08. The highest BCUT2D eigenvalue weighted by Crippen LogP contribution is 2.21. The van der Waals surface area contributed by atoms with Crippen molar-refractivity contribution in [2.45, 2.75) is 19.4 Å². The second-order valence-corrected chi connectivity index (χ2v) is 5.74. The van der Waals surface area contributed by atoms with Crippen LogP contribution in [0.3, 0.4) is 0 Å². The monoisotopic (exact) mass is 306 g/mol. The van der Waals surface area contributed by atoms with Crippen molar-refractivity contribution in [1.29, 1.82) is 0 Å². The molecule has 0 saturated carbocycles. The number of hydrogen-bond acceptors (Lipinski definition) is 3. The van der Waals surface area contributed by atoms with Crippen LogP contribution in [0.2, 0.25) is 5.02 Å². The lowest BCUT2D eigenvalue weighted by Gasteiger charge is -2.12. The number of nitrogens with two attached hydrogens (primary N) is 1. The Kier molecular flexibility index (Phi) is 4.65. The zero-order valence-electron chi connectivity index (χ0n) is 12.4. The lowest BCUT2D eigenvalue weighted by atomic mass is 10.1. The van der Waals surface area contributed by atoms with Gasteiger partial charge >= 0.3 is 0 Å². The maximum Gasteiger partial charge on any atom is 0.273 e. The predicted octanol–water partition coefficient (Wildman–Crippen LogP) is 2.12. The highest BCUT2D eigenvalue weighted by atomic mass is 35.5. The van der Waals surface area contributed by atoms with Crippen LogP contribution in [0.5, 0.6) is 0 Å². The second kappa shape index (κ2) is 6.28. The number of aromatic nitrogens is 2. The first-order chi connectivity index (χ1) is 9.88. The average Bonchev–Trinajstić information content (AvgIpc) is 2.86. The van der Waals surface area contributed by atoms with Crippen molar-refractivity contribution in [3.63, 3.8) is 0 Å². The lowest BCUT2D eigenvalue weighted by molar-refractivity contribution is 0.0821. The summed E-state index contributed by atoms with van der Waals surface area (Å²) >= 11 is 6.05. The van der Waals surface area contributed by atoms with Crippen LogP contribution >= 0.6 is 11.6 Å². The molecule has 1 heterocycles. The maximum absolute atomic E-state index is 11.9. The van der Waals surface area contributed by atoms with Gasteiger partial charge in [0.2, 0.25) is 0 Å². The highest BCUT2D eigenvalue weighted by molar-refractivity contribution is 6.30. The van der Waals surface area contributed by atoms with Gasteiger partial charge in [-0.25, -0.2) is 4.68 Å². The Morgan fingerprint density at radius 2 is 2.14 bits per heavy atom. The van der Waals surface area contributed by atoms with E-state index in [1.807, 2.05) is 19.1 Å². The summed E-state index contributed by atoms with van der Waals surface area (Å²) in [6, 6.07) is 7.29. The van der Waals surface area contributed by atoms with Gasteiger partial charge in [-0.2, -0.15) is 5.10 Å². The first-order valence-electron chi connectivity index (χ1n) is 6.70. The molecule has 0 aliphatic carbocycles. The van der Waals surface area contributed by atoms with Crippen LogP contribution in [-0.2, 0) is 6.42 Å². The number of carbonyl (C=O) groups excluding carboxylic acids is 1. The van der Waals surface area contributed by atoms with Crippen LogP contribution in [0.4, 0.5) is 0 Å². The summed E-state index contributed by atoms with van der Waals surface area (Å²) in [6.07, 6.45) is 2.46. The van der Waals surface area contributed by atoms with E-state index in [2.05, 4.69) is 5.10 Å². The van der Waals surface area contributed by atoms with Gasteiger partial charge in [-0.1, -0.05) is 11.6 Å². The van der Waals surface area contributed by atoms with Gasteiger partial charge in [0.05, 0.1) is 5.69 Å². The zero-order valence-corrected chi connectivity index (χ0v) is 13.1. The summed E-state index contributed by atoms with van der Waals surface area (Å²) in [4.78, 5) is 13.4. The molecular formula is C15H19ClN4O. The smallest absolute Gasteiger partial charge is 0.273 e. The fraction of sp³-hybridized carbons (Fsp3) is 0.333. The zero-order chi connectivity index (χ0) is 15.6. The molecule has 2 aromatic rings. The van der Waals surface area contributed by atoms with E-state index in [-0.39, 0.29) is 11.9 Å². The molecule has 1 unspecified atom stereocenters. The summed E-state index contributed by atoms with van der Waals surface area (Å²) in [5, 5.41) is 5.00. The van der Waals surface area contributed by atoms with Crippen LogP contribution in [0.15, 0.2) is 30.5 Å². The molecule has 5 nitrogen and oxygen atoms in total. The van der Waals surface area contributed by atoms with Crippen LogP contribution in [0.25, 0.3) is 5.69 Å². The summed E-state index contributed by atoms with van der Waals surface area (Å²) in [5.74, 6) is -0.128. The Labute approximate surface area is 129 Å². The molecule has 1 aromatic carbocycles. The molecule has 0 aliphatic heterocycles. The van der Waals surface area contributed by atoms with Crippen LogP contribution in [0, 0.1) is 0 Å². The van der Waals surface area contributed by atoms with Gasteiger partial charge in [-0.05, 0) is 43.2 Å².